The first-order valence-electron chi connectivity index (χ1n) is 2.97. The number of hydrazone groups is 1. The molecule has 2 N–H and O–H groups in total. The number of allylic oxidation sites excluding steroid dienone is 1. The highest BCUT2D eigenvalue weighted by atomic mass is 127. The Labute approximate surface area is 83.8 Å². The summed E-state index contributed by atoms with van der Waals surface area (Å²) in [6.45, 7) is 1.38. The van der Waals surface area contributed by atoms with Crippen LogP contribution in [0.4, 0.5) is 0 Å². The van der Waals surface area contributed by atoms with Crippen molar-refractivity contribution in [2.45, 2.75) is 6.92 Å². The maximum absolute atomic E-state index is 10.7. The average molecular weight is 281 g/mol. The van der Waals surface area contributed by atoms with Crippen molar-refractivity contribution in [1.29, 1.82) is 0 Å². The van der Waals surface area contributed by atoms with Gasteiger partial charge in [0.15, 0.2) is 6.29 Å². The second kappa shape index (κ2) is 5.70. The highest BCUT2D eigenvalue weighted by Crippen LogP contribution is 2.02. The highest BCUT2D eigenvalue weighted by Gasteiger charge is 2.00. The van der Waals surface area contributed by atoms with E-state index in [9.17, 15) is 9.59 Å². The number of amides is 1. The second-order valence-electron chi connectivity index (χ2n) is 1.86. The largest absolute Gasteiger partial charge is 0.323 e. The molecule has 0 spiro atoms. The summed E-state index contributed by atoms with van der Waals surface area (Å²) >= 11 is 1.76. The van der Waals surface area contributed by atoms with E-state index in [1.807, 2.05) is 0 Å². The average Bonchev–Trinajstić information content (AvgIpc) is 2.03. The van der Waals surface area contributed by atoms with Crippen LogP contribution in [0.15, 0.2) is 16.9 Å². The van der Waals surface area contributed by atoms with Crippen molar-refractivity contribution in [2.24, 2.45) is 10.9 Å². The van der Waals surface area contributed by atoms with Crippen molar-refractivity contribution in [3.05, 3.63) is 11.8 Å². The molecule has 0 saturated carbocycles. The number of carbonyl (C=O) groups is 2. The number of rotatable bonds is 3. The lowest BCUT2D eigenvalue weighted by atomic mass is 10.3. The van der Waals surface area contributed by atoms with E-state index in [0.717, 1.165) is 0 Å². The van der Waals surface area contributed by atoms with Gasteiger partial charge in [-0.25, -0.2) is 0 Å². The number of aldehydes is 1. The van der Waals surface area contributed by atoms with Crippen LogP contribution in [0, 0.1) is 0 Å². The lowest BCUT2D eigenvalue weighted by Crippen LogP contribution is -2.11. The quantitative estimate of drug-likeness (QED) is 0.153. The van der Waals surface area contributed by atoms with Crippen LogP contribution in [0.1, 0.15) is 6.92 Å². The van der Waals surface area contributed by atoms with Crippen molar-refractivity contribution in [1.82, 2.24) is 3.11 Å². The summed E-state index contributed by atoms with van der Waals surface area (Å²) in [5.41, 5.74) is 0.238. The summed E-state index contributed by atoms with van der Waals surface area (Å²) in [5.74, 6) is 4.64. The van der Waals surface area contributed by atoms with Crippen molar-refractivity contribution >= 4 is 41.3 Å². The van der Waals surface area contributed by atoms with Crippen molar-refractivity contribution < 1.29 is 9.59 Å². The first-order valence-corrected chi connectivity index (χ1v) is 3.94. The fourth-order valence-electron chi connectivity index (χ4n) is 0.402. The van der Waals surface area contributed by atoms with Gasteiger partial charge < -0.3 is 5.84 Å². The zero-order chi connectivity index (χ0) is 9.56. The third-order valence-electron chi connectivity index (χ3n) is 0.923. The molecule has 0 aromatic heterocycles. The number of nitrogens with zero attached hydrogens (tertiary/aromatic N) is 2. The molecule has 0 aromatic rings. The van der Waals surface area contributed by atoms with E-state index in [-0.39, 0.29) is 11.5 Å². The minimum absolute atomic E-state index is 0.180. The zero-order valence-electron chi connectivity index (χ0n) is 6.40. The molecule has 66 valence electrons. The van der Waals surface area contributed by atoms with Gasteiger partial charge in [-0.15, -0.1) is 0 Å². The molecule has 0 radical (unpaired) electrons. The molecule has 0 aromatic carbocycles. The monoisotopic (exact) mass is 281 g/mol. The van der Waals surface area contributed by atoms with E-state index < -0.39 is 0 Å². The summed E-state index contributed by atoms with van der Waals surface area (Å²) in [6.07, 6.45) is 3.07. The van der Waals surface area contributed by atoms with Gasteiger partial charge in [0.05, 0.1) is 34.7 Å². The summed E-state index contributed by atoms with van der Waals surface area (Å²) in [7, 11) is 0. The molecule has 0 aliphatic carbocycles. The van der Waals surface area contributed by atoms with E-state index >= 15 is 0 Å². The van der Waals surface area contributed by atoms with Crippen molar-refractivity contribution in [3.63, 3.8) is 0 Å². The Hall–Kier alpha value is -0.920. The van der Waals surface area contributed by atoms with Gasteiger partial charge in [-0.3, -0.25) is 12.7 Å². The Morgan fingerprint density at radius 1 is 1.67 bits per heavy atom. The van der Waals surface area contributed by atoms with Gasteiger partial charge in [0.2, 0.25) is 5.91 Å². The van der Waals surface area contributed by atoms with Crippen LogP contribution in [-0.4, -0.2) is 21.5 Å². The molecule has 0 bridgehead atoms. The van der Waals surface area contributed by atoms with Gasteiger partial charge in [0.1, 0.15) is 0 Å². The molecule has 0 rings (SSSR count). The van der Waals surface area contributed by atoms with E-state index in [4.69, 9.17) is 5.84 Å². The van der Waals surface area contributed by atoms with E-state index in [1.54, 1.807) is 22.9 Å². The fourth-order valence-corrected chi connectivity index (χ4v) is 0.724. The van der Waals surface area contributed by atoms with Gasteiger partial charge in [-0.2, -0.15) is 5.10 Å². The second-order valence-corrected chi connectivity index (χ2v) is 2.89. The maximum Gasteiger partial charge on any atom is 0.232 e. The fraction of sp³-hybridized carbons (Fsp3) is 0.167. The predicted octanol–water partition coefficient (Wildman–Crippen LogP) is 0.212. The number of nitrogens with two attached hydrogens (primary N) is 1. The standard InChI is InChI=1S/C6H8IN3O2/c1-5(12)10(7)3-6(4-11)2-9-8/h2-4H,8H2,1H3/b6-3+,9-2+. The van der Waals surface area contributed by atoms with Crippen LogP contribution in [0.3, 0.4) is 0 Å². The molecule has 1 amide bonds. The Morgan fingerprint density at radius 2 is 2.25 bits per heavy atom. The Kier molecular flexibility index (Phi) is 5.26. The van der Waals surface area contributed by atoms with Crippen LogP contribution in [0.5, 0.6) is 0 Å². The molecule has 0 saturated heterocycles. The Balaban J connectivity index is 4.47. The van der Waals surface area contributed by atoms with Crippen LogP contribution in [0.25, 0.3) is 0 Å². The normalized spacial score (nSPS) is 11.7. The minimum atomic E-state index is -0.180. The molecule has 0 fully saturated rings. The van der Waals surface area contributed by atoms with Gasteiger partial charge >= 0.3 is 0 Å². The molecule has 6 heteroatoms. The highest BCUT2D eigenvalue weighted by molar-refractivity contribution is 14.1. The molecule has 0 atom stereocenters. The molecule has 5 nitrogen and oxygen atoms in total. The predicted molar refractivity (Wildman–Crippen MR) is 53.4 cm³/mol. The van der Waals surface area contributed by atoms with E-state index in [0.29, 0.717) is 6.29 Å². The number of halogens is 1. The Bertz CT molecular complexity index is 237. The van der Waals surface area contributed by atoms with Crippen LogP contribution in [0.2, 0.25) is 0 Å². The van der Waals surface area contributed by atoms with Crippen LogP contribution < -0.4 is 5.84 Å². The summed E-state index contributed by atoms with van der Waals surface area (Å²) < 4.78 is 1.24. The first-order chi connectivity index (χ1) is 5.61. The van der Waals surface area contributed by atoms with Crippen LogP contribution >= 0.6 is 22.9 Å². The lowest BCUT2D eigenvalue weighted by Gasteiger charge is -2.04. The summed E-state index contributed by atoms with van der Waals surface area (Å²) in [5, 5.41) is 3.15. The summed E-state index contributed by atoms with van der Waals surface area (Å²) in [6, 6.07) is 0. The topological polar surface area (TPSA) is 75.8 Å². The van der Waals surface area contributed by atoms with E-state index in [2.05, 4.69) is 5.10 Å². The van der Waals surface area contributed by atoms with Gasteiger partial charge in [-0.1, -0.05) is 0 Å². The SMILES string of the molecule is CC(=O)N(I)/C=C(C=O)\C=N\N. The van der Waals surface area contributed by atoms with Gasteiger partial charge in [0.25, 0.3) is 0 Å². The molecule has 0 unspecified atom stereocenters. The molecule has 0 aliphatic heterocycles. The summed E-state index contributed by atoms with van der Waals surface area (Å²) in [4.78, 5) is 21.0. The van der Waals surface area contributed by atoms with Crippen molar-refractivity contribution in [2.75, 3.05) is 0 Å². The third-order valence-corrected chi connectivity index (χ3v) is 1.88. The first kappa shape index (κ1) is 11.1. The third kappa shape index (κ3) is 4.06. The molecule has 0 aliphatic rings. The smallest absolute Gasteiger partial charge is 0.232 e. The zero-order valence-corrected chi connectivity index (χ0v) is 8.56. The molecular formula is C6H8IN3O2. The Morgan fingerprint density at radius 3 is 2.58 bits per heavy atom. The molecule has 0 heterocycles. The van der Waals surface area contributed by atoms with Gasteiger partial charge in [-0.05, 0) is 0 Å². The number of hydrogen-bond acceptors (Lipinski definition) is 4. The molecule has 12 heavy (non-hydrogen) atoms. The van der Waals surface area contributed by atoms with Crippen LogP contribution in [-0.2, 0) is 9.59 Å². The minimum Gasteiger partial charge on any atom is -0.323 e. The number of hydrogen-bond donors (Lipinski definition) is 1. The van der Waals surface area contributed by atoms with Crippen molar-refractivity contribution in [3.8, 4) is 0 Å². The molecular weight excluding hydrogens is 273 g/mol. The number of carbonyl (C=O) groups excluding carboxylic acids is 2. The van der Waals surface area contributed by atoms with E-state index in [1.165, 1.54) is 22.5 Å². The lowest BCUT2D eigenvalue weighted by molar-refractivity contribution is -0.121. The maximum atomic E-state index is 10.7. The van der Waals surface area contributed by atoms with Gasteiger partial charge in [0, 0.05) is 13.1 Å².